The molecule has 17 heavy (non-hydrogen) atoms. The molecule has 0 bridgehead atoms. The molecule has 0 saturated carbocycles. The Labute approximate surface area is 95.5 Å². The fraction of sp³-hybridized carbons (Fsp3) is 0.300. The van der Waals surface area contributed by atoms with Crippen molar-refractivity contribution in [3.05, 3.63) is 28.6 Å². The van der Waals surface area contributed by atoms with Crippen LogP contribution in [-0.2, 0) is 17.8 Å². The van der Waals surface area contributed by atoms with Crippen molar-refractivity contribution < 1.29 is 18.7 Å². The number of pyridine rings is 1. The van der Waals surface area contributed by atoms with E-state index < -0.39 is 24.5 Å². The molecule has 1 rings (SSSR count). The second kappa shape index (κ2) is 5.32. The van der Waals surface area contributed by atoms with Crippen molar-refractivity contribution in [1.29, 1.82) is 5.26 Å². The maximum atomic E-state index is 12.7. The van der Waals surface area contributed by atoms with Gasteiger partial charge in [-0.1, -0.05) is 0 Å². The first-order valence-corrected chi connectivity index (χ1v) is 4.62. The van der Waals surface area contributed by atoms with E-state index in [2.05, 4.69) is 4.98 Å². The number of nitrogens with two attached hydrogens (primary N) is 1. The summed E-state index contributed by atoms with van der Waals surface area (Å²) in [4.78, 5) is 14.1. The van der Waals surface area contributed by atoms with Crippen molar-refractivity contribution >= 4 is 5.97 Å². The maximum Gasteiger partial charge on any atom is 0.307 e. The Morgan fingerprint density at radius 2 is 2.29 bits per heavy atom. The van der Waals surface area contributed by atoms with Crippen LogP contribution in [0.25, 0.3) is 0 Å². The number of nitrogens with zero attached hydrogens (tertiary/aromatic N) is 2. The minimum Gasteiger partial charge on any atom is -0.481 e. The van der Waals surface area contributed by atoms with Gasteiger partial charge in [-0.05, 0) is 6.07 Å². The molecule has 0 aliphatic heterocycles. The summed E-state index contributed by atoms with van der Waals surface area (Å²) in [6.07, 6.45) is -3.61. The second-order valence-electron chi connectivity index (χ2n) is 3.21. The third-order valence-corrected chi connectivity index (χ3v) is 2.07. The number of hydrogen-bond donors (Lipinski definition) is 2. The Balaban J connectivity index is 3.42. The zero-order valence-electron chi connectivity index (χ0n) is 8.65. The van der Waals surface area contributed by atoms with Crippen molar-refractivity contribution in [3.63, 3.8) is 0 Å². The lowest BCUT2D eigenvalue weighted by molar-refractivity contribution is -0.136. The van der Waals surface area contributed by atoms with Crippen LogP contribution in [0.1, 0.15) is 28.9 Å². The van der Waals surface area contributed by atoms with Crippen LogP contribution >= 0.6 is 0 Å². The summed E-state index contributed by atoms with van der Waals surface area (Å²) in [5.74, 6) is -1.30. The molecular weight excluding hydrogens is 232 g/mol. The van der Waals surface area contributed by atoms with Crippen LogP contribution in [0.15, 0.2) is 6.07 Å². The molecule has 1 aromatic rings. The lowest BCUT2D eigenvalue weighted by atomic mass is 10.0. The zero-order valence-corrected chi connectivity index (χ0v) is 8.65. The Morgan fingerprint density at radius 3 is 2.71 bits per heavy atom. The van der Waals surface area contributed by atoms with Gasteiger partial charge in [-0.3, -0.25) is 9.78 Å². The lowest BCUT2D eigenvalue weighted by Crippen LogP contribution is -2.12. The molecule has 0 aliphatic rings. The Morgan fingerprint density at radius 1 is 1.65 bits per heavy atom. The molecule has 0 atom stereocenters. The van der Waals surface area contributed by atoms with Crippen molar-refractivity contribution in [3.8, 4) is 6.07 Å². The van der Waals surface area contributed by atoms with Crippen molar-refractivity contribution in [2.45, 2.75) is 19.4 Å². The molecule has 3 N–H and O–H groups in total. The Hall–Kier alpha value is -2.07. The van der Waals surface area contributed by atoms with E-state index in [-0.39, 0.29) is 23.4 Å². The topological polar surface area (TPSA) is 100 Å². The molecule has 0 spiro atoms. The highest BCUT2D eigenvalue weighted by Crippen LogP contribution is 2.24. The quantitative estimate of drug-likeness (QED) is 0.818. The first-order valence-electron chi connectivity index (χ1n) is 4.62. The average Bonchev–Trinajstić information content (AvgIpc) is 2.28. The van der Waals surface area contributed by atoms with Gasteiger partial charge >= 0.3 is 5.97 Å². The number of aromatic nitrogens is 1. The number of nitriles is 1. The molecule has 0 saturated heterocycles. The third kappa shape index (κ3) is 2.95. The van der Waals surface area contributed by atoms with Gasteiger partial charge in [-0.2, -0.15) is 5.26 Å². The number of carboxylic acids is 1. The molecule has 0 radical (unpaired) electrons. The third-order valence-electron chi connectivity index (χ3n) is 2.07. The highest BCUT2D eigenvalue weighted by atomic mass is 19.3. The van der Waals surface area contributed by atoms with E-state index in [1.807, 2.05) is 0 Å². The monoisotopic (exact) mass is 241 g/mol. The zero-order chi connectivity index (χ0) is 13.0. The van der Waals surface area contributed by atoms with Crippen LogP contribution in [0.4, 0.5) is 8.78 Å². The molecule has 5 nitrogen and oxygen atoms in total. The van der Waals surface area contributed by atoms with Gasteiger partial charge in [0.15, 0.2) is 0 Å². The van der Waals surface area contributed by atoms with E-state index in [0.29, 0.717) is 0 Å². The summed E-state index contributed by atoms with van der Waals surface area (Å²) in [5.41, 5.74) is 4.32. The highest BCUT2D eigenvalue weighted by molar-refractivity contribution is 5.72. The van der Waals surface area contributed by atoms with Crippen LogP contribution in [-0.4, -0.2) is 16.1 Å². The Bertz CT molecular complexity index is 483. The van der Waals surface area contributed by atoms with Gasteiger partial charge in [-0.25, -0.2) is 8.78 Å². The summed E-state index contributed by atoms with van der Waals surface area (Å²) in [6.45, 7) is -0.0955. The van der Waals surface area contributed by atoms with Gasteiger partial charge in [0.05, 0.1) is 23.7 Å². The minimum absolute atomic E-state index is 0.0955. The van der Waals surface area contributed by atoms with Crippen LogP contribution in [0, 0.1) is 11.3 Å². The highest BCUT2D eigenvalue weighted by Gasteiger charge is 2.21. The SMILES string of the molecule is N#Cc1cc(CN)nc(C(F)F)c1CC(=O)O. The second-order valence-corrected chi connectivity index (χ2v) is 3.21. The largest absolute Gasteiger partial charge is 0.481 e. The number of aliphatic carboxylic acids is 1. The molecule has 7 heteroatoms. The standard InChI is InChI=1S/C10H9F2N3O2/c11-10(12)9-7(2-8(16)17)5(3-13)1-6(4-14)15-9/h1,10H,2,4,14H2,(H,16,17). The smallest absolute Gasteiger partial charge is 0.307 e. The molecule has 0 unspecified atom stereocenters. The fourth-order valence-electron chi connectivity index (χ4n) is 1.37. The molecule has 0 aliphatic carbocycles. The van der Waals surface area contributed by atoms with Gasteiger partial charge < -0.3 is 10.8 Å². The summed E-state index contributed by atoms with van der Waals surface area (Å²) in [7, 11) is 0. The molecule has 0 fully saturated rings. The summed E-state index contributed by atoms with van der Waals surface area (Å²) in [6, 6.07) is 2.91. The number of carbonyl (C=O) groups is 1. The number of alkyl halides is 2. The maximum absolute atomic E-state index is 12.7. The van der Waals surface area contributed by atoms with E-state index in [1.54, 1.807) is 6.07 Å². The normalized spacial score (nSPS) is 10.3. The molecule has 90 valence electrons. The lowest BCUT2D eigenvalue weighted by Gasteiger charge is -2.10. The molecule has 1 aromatic heterocycles. The molecule has 0 aromatic carbocycles. The van der Waals surface area contributed by atoms with E-state index in [9.17, 15) is 13.6 Å². The predicted molar refractivity (Wildman–Crippen MR) is 53.1 cm³/mol. The van der Waals surface area contributed by atoms with Gasteiger partial charge in [0.1, 0.15) is 5.69 Å². The van der Waals surface area contributed by atoms with Crippen LogP contribution < -0.4 is 5.73 Å². The summed E-state index contributed by atoms with van der Waals surface area (Å²) < 4.78 is 25.4. The van der Waals surface area contributed by atoms with Gasteiger partial charge in [0.25, 0.3) is 6.43 Å². The first kappa shape index (κ1) is 13.0. The molecule has 1 heterocycles. The van der Waals surface area contributed by atoms with E-state index in [1.165, 1.54) is 6.07 Å². The number of halogens is 2. The summed E-state index contributed by atoms with van der Waals surface area (Å²) in [5, 5.41) is 17.4. The van der Waals surface area contributed by atoms with Crippen LogP contribution in [0.5, 0.6) is 0 Å². The predicted octanol–water partition coefficient (Wildman–Crippen LogP) is 0.977. The van der Waals surface area contributed by atoms with E-state index in [4.69, 9.17) is 16.1 Å². The van der Waals surface area contributed by atoms with Crippen molar-refractivity contribution in [1.82, 2.24) is 4.98 Å². The number of hydrogen-bond acceptors (Lipinski definition) is 4. The Kier molecular flexibility index (Phi) is 4.06. The molecule has 0 amide bonds. The van der Waals surface area contributed by atoms with E-state index >= 15 is 0 Å². The van der Waals surface area contributed by atoms with Crippen LogP contribution in [0.3, 0.4) is 0 Å². The average molecular weight is 241 g/mol. The first-order chi connectivity index (χ1) is 7.99. The van der Waals surface area contributed by atoms with Crippen molar-refractivity contribution in [2.24, 2.45) is 5.73 Å². The van der Waals surface area contributed by atoms with Gasteiger partial charge in [-0.15, -0.1) is 0 Å². The van der Waals surface area contributed by atoms with Crippen molar-refractivity contribution in [2.75, 3.05) is 0 Å². The summed E-state index contributed by atoms with van der Waals surface area (Å²) >= 11 is 0. The van der Waals surface area contributed by atoms with E-state index in [0.717, 1.165) is 0 Å². The minimum atomic E-state index is -2.94. The van der Waals surface area contributed by atoms with Gasteiger partial charge in [0, 0.05) is 12.1 Å². The van der Waals surface area contributed by atoms with Crippen LogP contribution in [0.2, 0.25) is 0 Å². The molecular formula is C10H9F2N3O2. The number of rotatable bonds is 4. The number of carboxylic acid groups (broad SMARTS) is 1. The fourth-order valence-corrected chi connectivity index (χ4v) is 1.37. The van der Waals surface area contributed by atoms with Gasteiger partial charge in [0.2, 0.25) is 0 Å².